The van der Waals surface area contributed by atoms with Crippen LogP contribution in [0.2, 0.25) is 0 Å². The van der Waals surface area contributed by atoms with Gasteiger partial charge in [0.05, 0.1) is 12.3 Å². The topological polar surface area (TPSA) is 110 Å². The Bertz CT molecular complexity index is 833. The smallest absolute Gasteiger partial charge is 0.254 e. The van der Waals surface area contributed by atoms with Crippen LogP contribution in [0.4, 0.5) is 11.6 Å². The molecule has 3 N–H and O–H groups in total. The first-order valence-corrected chi connectivity index (χ1v) is 7.99. The van der Waals surface area contributed by atoms with Crippen molar-refractivity contribution in [2.45, 2.75) is 25.4 Å². The zero-order valence-corrected chi connectivity index (χ0v) is 13.5. The number of anilines is 2. The van der Waals surface area contributed by atoms with Crippen molar-refractivity contribution in [2.75, 3.05) is 30.8 Å². The predicted molar refractivity (Wildman–Crippen MR) is 88.7 cm³/mol. The number of nitrogens with two attached hydrogens (primary N) is 1. The highest BCUT2D eigenvalue weighted by atomic mass is 16.5. The van der Waals surface area contributed by atoms with Gasteiger partial charge >= 0.3 is 0 Å². The number of aromatic amines is 1. The Morgan fingerprint density at radius 2 is 2.17 bits per heavy atom. The minimum atomic E-state index is 0.456. The number of methoxy groups -OCH3 is 1. The average molecular weight is 328 g/mol. The molecule has 1 aliphatic rings. The van der Waals surface area contributed by atoms with E-state index in [1.54, 1.807) is 11.6 Å². The van der Waals surface area contributed by atoms with E-state index in [4.69, 9.17) is 10.5 Å². The third kappa shape index (κ3) is 2.67. The summed E-state index contributed by atoms with van der Waals surface area (Å²) in [4.78, 5) is 11.0. The molecule has 1 aliphatic heterocycles. The van der Waals surface area contributed by atoms with Crippen molar-refractivity contribution in [1.82, 2.24) is 29.8 Å². The van der Waals surface area contributed by atoms with E-state index < -0.39 is 0 Å². The van der Waals surface area contributed by atoms with Gasteiger partial charge < -0.3 is 15.4 Å². The van der Waals surface area contributed by atoms with Crippen molar-refractivity contribution < 1.29 is 4.74 Å². The maximum atomic E-state index is 5.71. The van der Waals surface area contributed by atoms with Crippen LogP contribution in [0.1, 0.15) is 30.1 Å². The summed E-state index contributed by atoms with van der Waals surface area (Å²) in [6.45, 7) is 2.31. The number of nitrogens with zero attached hydrogens (tertiary/aromatic N) is 6. The second-order valence-electron chi connectivity index (χ2n) is 6.02. The van der Waals surface area contributed by atoms with Crippen LogP contribution in [-0.2, 0) is 11.3 Å². The van der Waals surface area contributed by atoms with Gasteiger partial charge in [0.2, 0.25) is 0 Å². The summed E-state index contributed by atoms with van der Waals surface area (Å²) in [5, 5.41) is 11.4. The average Bonchev–Trinajstić information content (AvgIpc) is 3.23. The Labute approximate surface area is 138 Å². The van der Waals surface area contributed by atoms with Crippen LogP contribution in [0.25, 0.3) is 5.78 Å². The molecule has 0 unspecified atom stereocenters. The predicted octanol–water partition coefficient (Wildman–Crippen LogP) is 0.960. The number of nitrogen functional groups attached to an aromatic ring is 1. The number of hydrogen-bond acceptors (Lipinski definition) is 7. The van der Waals surface area contributed by atoms with E-state index in [2.05, 4.69) is 30.2 Å². The highest BCUT2D eigenvalue weighted by molar-refractivity contribution is 5.48. The molecule has 9 nitrogen and oxygen atoms in total. The molecule has 126 valence electrons. The molecule has 24 heavy (non-hydrogen) atoms. The lowest BCUT2D eigenvalue weighted by molar-refractivity contribution is 0.181. The number of piperidine rings is 1. The molecule has 0 radical (unpaired) electrons. The molecule has 1 saturated heterocycles. The molecule has 0 aromatic carbocycles. The van der Waals surface area contributed by atoms with Crippen molar-refractivity contribution in [3.63, 3.8) is 0 Å². The van der Waals surface area contributed by atoms with Gasteiger partial charge in [0.1, 0.15) is 18.0 Å². The van der Waals surface area contributed by atoms with Crippen LogP contribution in [-0.4, -0.2) is 50.0 Å². The van der Waals surface area contributed by atoms with Gasteiger partial charge in [-0.25, -0.2) is 4.98 Å². The molecule has 4 heterocycles. The van der Waals surface area contributed by atoms with Gasteiger partial charge in [-0.1, -0.05) is 0 Å². The van der Waals surface area contributed by atoms with Crippen LogP contribution in [0.5, 0.6) is 0 Å². The maximum absolute atomic E-state index is 5.71. The molecule has 1 fully saturated rings. The van der Waals surface area contributed by atoms with E-state index in [1.165, 1.54) is 6.33 Å². The number of aromatic nitrogens is 6. The lowest BCUT2D eigenvalue weighted by Gasteiger charge is -2.33. The Morgan fingerprint density at radius 1 is 1.33 bits per heavy atom. The molecular weight excluding hydrogens is 308 g/mol. The van der Waals surface area contributed by atoms with Crippen molar-refractivity contribution in [2.24, 2.45) is 0 Å². The third-order valence-corrected chi connectivity index (χ3v) is 4.45. The summed E-state index contributed by atoms with van der Waals surface area (Å²) < 4.78 is 7.00. The fourth-order valence-electron chi connectivity index (χ4n) is 3.27. The fraction of sp³-hybridized carbons (Fsp3) is 0.467. The van der Waals surface area contributed by atoms with Gasteiger partial charge in [-0.05, 0) is 12.8 Å². The number of fused-ring (bicyclic) bond motifs is 1. The fourth-order valence-corrected chi connectivity index (χ4v) is 3.27. The molecule has 0 bridgehead atoms. The molecule has 4 rings (SSSR count). The number of H-pyrrole nitrogens is 1. The monoisotopic (exact) mass is 328 g/mol. The molecule has 9 heteroatoms. The molecule has 0 saturated carbocycles. The van der Waals surface area contributed by atoms with Crippen LogP contribution < -0.4 is 10.6 Å². The second-order valence-corrected chi connectivity index (χ2v) is 6.02. The van der Waals surface area contributed by atoms with E-state index in [0.29, 0.717) is 24.1 Å². The second kappa shape index (κ2) is 6.08. The van der Waals surface area contributed by atoms with E-state index >= 15 is 0 Å². The highest BCUT2D eigenvalue weighted by Crippen LogP contribution is 2.30. The quantitative estimate of drug-likeness (QED) is 0.734. The first-order chi connectivity index (χ1) is 11.7. The lowest BCUT2D eigenvalue weighted by atomic mass is 9.93. The summed E-state index contributed by atoms with van der Waals surface area (Å²) in [5.74, 6) is 2.61. The lowest BCUT2D eigenvalue weighted by Crippen LogP contribution is -2.34. The minimum Gasteiger partial charge on any atom is -0.382 e. The third-order valence-electron chi connectivity index (χ3n) is 4.45. The van der Waals surface area contributed by atoms with E-state index in [9.17, 15) is 0 Å². The number of hydrogen-bond donors (Lipinski definition) is 2. The maximum Gasteiger partial charge on any atom is 0.254 e. The van der Waals surface area contributed by atoms with Gasteiger partial charge in [-0.3, -0.25) is 5.10 Å². The van der Waals surface area contributed by atoms with Gasteiger partial charge in [0.25, 0.3) is 5.78 Å². The van der Waals surface area contributed by atoms with Gasteiger partial charge in [0.15, 0.2) is 0 Å². The zero-order valence-electron chi connectivity index (χ0n) is 13.5. The molecule has 0 spiro atoms. The first kappa shape index (κ1) is 14.9. The van der Waals surface area contributed by atoms with Gasteiger partial charge in [-0.15, -0.1) is 0 Å². The minimum absolute atomic E-state index is 0.456. The normalized spacial score (nSPS) is 16.1. The zero-order chi connectivity index (χ0) is 16.5. The molecule has 0 amide bonds. The van der Waals surface area contributed by atoms with Gasteiger partial charge in [-0.2, -0.15) is 19.7 Å². The Morgan fingerprint density at radius 3 is 2.88 bits per heavy atom. The summed E-state index contributed by atoms with van der Waals surface area (Å²) in [6.07, 6.45) is 3.59. The van der Waals surface area contributed by atoms with E-state index in [-0.39, 0.29) is 0 Å². The largest absolute Gasteiger partial charge is 0.382 e. The number of rotatable bonds is 4. The molecule has 0 aliphatic carbocycles. The standard InChI is InChI=1S/C15H20N8O/c1-24-8-11-6-14(23-15(19-11)17-9-18-23)22-4-2-10(3-5-22)12-7-13(16)21-20-12/h6-7,9-10H,2-5,8H2,1H3,(H3,16,20,21). The van der Waals surface area contributed by atoms with Crippen LogP contribution >= 0.6 is 0 Å². The van der Waals surface area contributed by atoms with Crippen molar-refractivity contribution in [3.05, 3.63) is 29.8 Å². The molecular formula is C15H20N8O. The number of nitrogens with one attached hydrogen (secondary N) is 1. The Kier molecular flexibility index (Phi) is 3.77. The van der Waals surface area contributed by atoms with Crippen molar-refractivity contribution in [1.29, 1.82) is 0 Å². The van der Waals surface area contributed by atoms with Gasteiger partial charge in [0, 0.05) is 43.9 Å². The Hall–Kier alpha value is -2.68. The van der Waals surface area contributed by atoms with Crippen molar-refractivity contribution >= 4 is 17.4 Å². The van der Waals surface area contributed by atoms with E-state index in [1.807, 2.05) is 12.1 Å². The first-order valence-electron chi connectivity index (χ1n) is 7.99. The van der Waals surface area contributed by atoms with Crippen molar-refractivity contribution in [3.8, 4) is 0 Å². The SMILES string of the molecule is COCc1cc(N2CCC(c3cc(N)n[nH]3)CC2)n2ncnc2n1. The number of ether oxygens (including phenoxy) is 1. The Balaban J connectivity index is 1.56. The van der Waals surface area contributed by atoms with Crippen LogP contribution in [0.15, 0.2) is 18.5 Å². The summed E-state index contributed by atoms with van der Waals surface area (Å²) in [5.41, 5.74) is 7.69. The highest BCUT2D eigenvalue weighted by Gasteiger charge is 2.24. The van der Waals surface area contributed by atoms with Crippen LogP contribution in [0, 0.1) is 0 Å². The summed E-state index contributed by atoms with van der Waals surface area (Å²) in [7, 11) is 1.66. The summed E-state index contributed by atoms with van der Waals surface area (Å²) >= 11 is 0. The summed E-state index contributed by atoms with van der Waals surface area (Å²) in [6, 6.07) is 3.96. The molecule has 3 aromatic heterocycles. The van der Waals surface area contributed by atoms with Crippen LogP contribution in [0.3, 0.4) is 0 Å². The van der Waals surface area contributed by atoms with E-state index in [0.717, 1.165) is 43.1 Å². The molecule has 0 atom stereocenters. The molecule has 3 aromatic rings.